The van der Waals surface area contributed by atoms with Crippen molar-refractivity contribution in [1.82, 2.24) is 15.5 Å². The van der Waals surface area contributed by atoms with Gasteiger partial charge in [-0.15, -0.1) is 0 Å². The molecule has 0 aromatic rings. The number of methoxy groups -OCH3 is 1. The van der Waals surface area contributed by atoms with E-state index in [4.69, 9.17) is 4.74 Å². The van der Waals surface area contributed by atoms with Gasteiger partial charge in [0.2, 0.25) is 5.91 Å². The molecular weight excluding hydrogens is 210 g/mol. The molecule has 1 heterocycles. The fraction of sp³-hybridized carbons (Fsp3) is 0.800. The Kier molecular flexibility index (Phi) is 5.63. The van der Waals surface area contributed by atoms with Crippen LogP contribution in [0, 0.1) is 0 Å². The third-order valence-corrected chi connectivity index (χ3v) is 2.41. The van der Waals surface area contributed by atoms with Crippen molar-refractivity contribution >= 4 is 11.9 Å². The highest BCUT2D eigenvalue weighted by atomic mass is 16.5. The van der Waals surface area contributed by atoms with Gasteiger partial charge in [0.25, 0.3) is 0 Å². The van der Waals surface area contributed by atoms with Crippen LogP contribution in [0.1, 0.15) is 12.8 Å². The Labute approximate surface area is 95.3 Å². The topological polar surface area (TPSA) is 70.7 Å². The van der Waals surface area contributed by atoms with E-state index in [-0.39, 0.29) is 11.9 Å². The molecule has 1 fully saturated rings. The number of carbonyl (C=O) groups excluding carboxylic acids is 2. The Morgan fingerprint density at radius 1 is 1.62 bits per heavy atom. The smallest absolute Gasteiger partial charge is 0.317 e. The molecule has 3 amide bonds. The highest BCUT2D eigenvalue weighted by molar-refractivity contribution is 5.78. The Bertz CT molecular complexity index is 245. The van der Waals surface area contributed by atoms with E-state index in [9.17, 15) is 9.59 Å². The zero-order valence-corrected chi connectivity index (χ0v) is 9.62. The minimum absolute atomic E-state index is 0.0459. The van der Waals surface area contributed by atoms with Crippen LogP contribution in [0.25, 0.3) is 0 Å². The van der Waals surface area contributed by atoms with Crippen molar-refractivity contribution < 1.29 is 14.3 Å². The molecule has 1 rings (SSSR count). The summed E-state index contributed by atoms with van der Waals surface area (Å²) < 4.78 is 4.81. The maximum atomic E-state index is 11.3. The molecular formula is C10H19N3O3. The van der Waals surface area contributed by atoms with Gasteiger partial charge in [0, 0.05) is 39.7 Å². The van der Waals surface area contributed by atoms with E-state index < -0.39 is 0 Å². The first kappa shape index (κ1) is 12.8. The highest BCUT2D eigenvalue weighted by Gasteiger charge is 2.17. The summed E-state index contributed by atoms with van der Waals surface area (Å²) in [7, 11) is 1.59. The summed E-state index contributed by atoms with van der Waals surface area (Å²) in [6, 6.07) is -0.0732. The zero-order chi connectivity index (χ0) is 11.8. The average molecular weight is 229 g/mol. The van der Waals surface area contributed by atoms with Gasteiger partial charge < -0.3 is 20.3 Å². The van der Waals surface area contributed by atoms with Gasteiger partial charge in [-0.2, -0.15) is 0 Å². The molecule has 16 heavy (non-hydrogen) atoms. The van der Waals surface area contributed by atoms with E-state index in [0.29, 0.717) is 26.1 Å². The number of hydrogen-bond acceptors (Lipinski definition) is 3. The first-order valence-electron chi connectivity index (χ1n) is 5.52. The second-order valence-corrected chi connectivity index (χ2v) is 3.67. The van der Waals surface area contributed by atoms with Crippen LogP contribution >= 0.6 is 0 Å². The number of nitrogens with one attached hydrogen (secondary N) is 2. The number of urea groups is 1. The summed E-state index contributed by atoms with van der Waals surface area (Å²) in [5.74, 6) is -0.0459. The van der Waals surface area contributed by atoms with Gasteiger partial charge >= 0.3 is 6.03 Å². The average Bonchev–Trinajstić information content (AvgIpc) is 2.28. The van der Waals surface area contributed by atoms with Crippen molar-refractivity contribution in [2.24, 2.45) is 0 Å². The molecule has 0 aromatic heterocycles. The van der Waals surface area contributed by atoms with Gasteiger partial charge in [-0.3, -0.25) is 4.79 Å². The molecule has 0 radical (unpaired) electrons. The minimum atomic E-state index is -0.0732. The lowest BCUT2D eigenvalue weighted by atomic mass is 10.3. The third kappa shape index (κ3) is 4.48. The minimum Gasteiger partial charge on any atom is -0.383 e. The van der Waals surface area contributed by atoms with Crippen LogP contribution in [0.2, 0.25) is 0 Å². The quantitative estimate of drug-likeness (QED) is 0.606. The van der Waals surface area contributed by atoms with Crippen LogP contribution in [0.15, 0.2) is 0 Å². The Morgan fingerprint density at radius 3 is 3.12 bits per heavy atom. The molecule has 1 saturated heterocycles. The Balaban J connectivity index is 2.12. The zero-order valence-electron chi connectivity index (χ0n) is 9.62. The molecule has 0 aromatic carbocycles. The summed E-state index contributed by atoms with van der Waals surface area (Å²) in [6.07, 6.45) is 1.29. The molecule has 6 nitrogen and oxygen atoms in total. The van der Waals surface area contributed by atoms with Crippen molar-refractivity contribution in [1.29, 1.82) is 0 Å². The third-order valence-electron chi connectivity index (χ3n) is 2.41. The predicted molar refractivity (Wildman–Crippen MR) is 59.1 cm³/mol. The van der Waals surface area contributed by atoms with E-state index in [1.807, 2.05) is 0 Å². The van der Waals surface area contributed by atoms with Gasteiger partial charge in [0.05, 0.1) is 6.61 Å². The molecule has 92 valence electrons. The molecule has 0 unspecified atom stereocenters. The molecule has 6 heteroatoms. The highest BCUT2D eigenvalue weighted by Crippen LogP contribution is 1.99. The second-order valence-electron chi connectivity index (χ2n) is 3.67. The maximum Gasteiger partial charge on any atom is 0.317 e. The van der Waals surface area contributed by atoms with Gasteiger partial charge in [-0.25, -0.2) is 4.79 Å². The lowest BCUT2D eigenvalue weighted by molar-refractivity contribution is -0.121. The van der Waals surface area contributed by atoms with Crippen LogP contribution in [0.5, 0.6) is 0 Å². The number of rotatable bonds is 6. The number of hydrogen-bond donors (Lipinski definition) is 2. The lowest BCUT2D eigenvalue weighted by Crippen LogP contribution is -2.47. The van der Waals surface area contributed by atoms with Crippen molar-refractivity contribution in [2.45, 2.75) is 12.8 Å². The molecule has 0 saturated carbocycles. The van der Waals surface area contributed by atoms with E-state index >= 15 is 0 Å². The van der Waals surface area contributed by atoms with Gasteiger partial charge in [0.1, 0.15) is 0 Å². The summed E-state index contributed by atoms with van der Waals surface area (Å²) in [6.45, 7) is 2.97. The Hall–Kier alpha value is -1.30. The van der Waals surface area contributed by atoms with Crippen molar-refractivity contribution in [3.05, 3.63) is 0 Å². The van der Waals surface area contributed by atoms with Crippen molar-refractivity contribution in [3.63, 3.8) is 0 Å². The van der Waals surface area contributed by atoms with Crippen LogP contribution in [-0.2, 0) is 9.53 Å². The largest absolute Gasteiger partial charge is 0.383 e. The van der Waals surface area contributed by atoms with Crippen LogP contribution in [0.3, 0.4) is 0 Å². The number of ether oxygens (including phenoxy) is 1. The SMILES string of the molecule is COCCNC(=O)CCN1CCCNC1=O. The molecule has 0 bridgehead atoms. The predicted octanol–water partition coefficient (Wildman–Crippen LogP) is -0.446. The van der Waals surface area contributed by atoms with Crippen LogP contribution < -0.4 is 10.6 Å². The Morgan fingerprint density at radius 2 is 2.44 bits per heavy atom. The number of carbonyl (C=O) groups is 2. The second kappa shape index (κ2) is 7.05. The van der Waals surface area contributed by atoms with Crippen LogP contribution in [-0.4, -0.2) is 56.7 Å². The van der Waals surface area contributed by atoms with E-state index in [1.54, 1.807) is 12.0 Å². The van der Waals surface area contributed by atoms with Crippen molar-refractivity contribution in [2.75, 3.05) is 39.9 Å². The summed E-state index contributed by atoms with van der Waals surface area (Å²) in [5.41, 5.74) is 0. The maximum absolute atomic E-state index is 11.3. The number of nitrogens with zero attached hydrogens (tertiary/aromatic N) is 1. The molecule has 2 N–H and O–H groups in total. The summed E-state index contributed by atoms with van der Waals surface area (Å²) >= 11 is 0. The monoisotopic (exact) mass is 229 g/mol. The van der Waals surface area contributed by atoms with E-state index in [2.05, 4.69) is 10.6 Å². The first-order chi connectivity index (χ1) is 7.74. The molecule has 1 aliphatic rings. The summed E-state index contributed by atoms with van der Waals surface area (Å²) in [5, 5.41) is 5.46. The van der Waals surface area contributed by atoms with Gasteiger partial charge in [0.15, 0.2) is 0 Å². The fourth-order valence-electron chi connectivity index (χ4n) is 1.51. The molecule has 0 aliphatic carbocycles. The van der Waals surface area contributed by atoms with Crippen molar-refractivity contribution in [3.8, 4) is 0 Å². The van der Waals surface area contributed by atoms with E-state index in [0.717, 1.165) is 19.5 Å². The number of amides is 3. The molecule has 0 atom stereocenters. The molecule has 0 spiro atoms. The standard InChI is InChI=1S/C10H19N3O3/c1-16-8-5-11-9(14)3-7-13-6-2-4-12-10(13)15/h2-8H2,1H3,(H,11,14)(H,12,15). The lowest BCUT2D eigenvalue weighted by Gasteiger charge is -2.27. The fourth-order valence-corrected chi connectivity index (χ4v) is 1.51. The van der Waals surface area contributed by atoms with Crippen LogP contribution in [0.4, 0.5) is 4.79 Å². The first-order valence-corrected chi connectivity index (χ1v) is 5.52. The normalized spacial score (nSPS) is 15.8. The van der Waals surface area contributed by atoms with E-state index in [1.165, 1.54) is 0 Å². The van der Waals surface area contributed by atoms with Gasteiger partial charge in [-0.05, 0) is 6.42 Å². The summed E-state index contributed by atoms with van der Waals surface area (Å²) in [4.78, 5) is 24.3. The van der Waals surface area contributed by atoms with Gasteiger partial charge in [-0.1, -0.05) is 0 Å². The molecule has 1 aliphatic heterocycles.